The van der Waals surface area contributed by atoms with Gasteiger partial charge in [-0.2, -0.15) is 0 Å². The van der Waals surface area contributed by atoms with Crippen LogP contribution in [0.15, 0.2) is 52.3 Å². The largest absolute Gasteiger partial charge is 0.496 e. The molecule has 0 saturated heterocycles. The zero-order chi connectivity index (χ0) is 18.8. The predicted octanol–water partition coefficient (Wildman–Crippen LogP) is 2.45. The second-order valence-electron chi connectivity index (χ2n) is 5.81. The first kappa shape index (κ1) is 19.4. The van der Waals surface area contributed by atoms with Crippen molar-refractivity contribution in [3.63, 3.8) is 0 Å². The van der Waals surface area contributed by atoms with Crippen LogP contribution in [0.2, 0.25) is 0 Å². The van der Waals surface area contributed by atoms with Crippen molar-refractivity contribution in [2.75, 3.05) is 13.4 Å². The quantitative estimate of drug-likeness (QED) is 0.827. The maximum atomic E-state index is 12.8. The van der Waals surface area contributed by atoms with Crippen LogP contribution in [-0.4, -0.2) is 30.2 Å². The summed E-state index contributed by atoms with van der Waals surface area (Å²) < 4.78 is 57.1. The molecule has 0 amide bonds. The molecule has 0 heterocycles. The molecule has 1 unspecified atom stereocenters. The summed E-state index contributed by atoms with van der Waals surface area (Å²) in [6, 6.07) is 10.4. The third-order valence-electron chi connectivity index (χ3n) is 3.72. The number of hydrogen-bond acceptors (Lipinski definition) is 5. The van der Waals surface area contributed by atoms with Crippen molar-refractivity contribution >= 4 is 19.9 Å². The van der Waals surface area contributed by atoms with Gasteiger partial charge in [0.05, 0.1) is 12.0 Å². The van der Waals surface area contributed by atoms with Crippen molar-refractivity contribution < 1.29 is 21.6 Å². The van der Waals surface area contributed by atoms with Crippen LogP contribution in [0.5, 0.6) is 5.75 Å². The first-order valence-corrected chi connectivity index (χ1v) is 10.9. The fraction of sp³-hybridized carbons (Fsp3) is 0.294. The van der Waals surface area contributed by atoms with Crippen molar-refractivity contribution in [2.45, 2.75) is 29.7 Å². The fourth-order valence-electron chi connectivity index (χ4n) is 2.53. The fourth-order valence-corrected chi connectivity index (χ4v) is 5.38. The molecule has 2 aromatic rings. The minimum absolute atomic E-state index is 0.231. The Balaban J connectivity index is 2.46. The molecule has 1 atom stereocenters. The molecule has 0 saturated carbocycles. The highest BCUT2D eigenvalue weighted by atomic mass is 32.2. The SMILES string of the molecule is COc1ccc(C)cc1C(C)NS(=O)(=O)c1ccccc1S(C)(=O)=O. The molecule has 0 aliphatic rings. The van der Waals surface area contributed by atoms with E-state index in [1.807, 2.05) is 19.1 Å². The molecule has 0 fully saturated rings. The highest BCUT2D eigenvalue weighted by Crippen LogP contribution is 2.28. The number of rotatable bonds is 6. The van der Waals surface area contributed by atoms with Gasteiger partial charge in [0.1, 0.15) is 10.6 Å². The van der Waals surface area contributed by atoms with Gasteiger partial charge in [-0.1, -0.05) is 29.8 Å². The molecule has 0 aromatic heterocycles. The molecule has 2 rings (SSSR count). The molecule has 25 heavy (non-hydrogen) atoms. The van der Waals surface area contributed by atoms with E-state index in [0.29, 0.717) is 11.3 Å². The summed E-state index contributed by atoms with van der Waals surface area (Å²) in [6.45, 7) is 3.57. The normalized spacial score (nSPS) is 13.4. The summed E-state index contributed by atoms with van der Waals surface area (Å²) in [7, 11) is -6.22. The first-order valence-electron chi connectivity index (χ1n) is 7.52. The van der Waals surface area contributed by atoms with Gasteiger partial charge in [0.15, 0.2) is 9.84 Å². The number of sulfonamides is 1. The van der Waals surface area contributed by atoms with Gasteiger partial charge in [-0.3, -0.25) is 0 Å². The van der Waals surface area contributed by atoms with E-state index < -0.39 is 25.9 Å². The van der Waals surface area contributed by atoms with Gasteiger partial charge in [-0.15, -0.1) is 0 Å². The Morgan fingerprint density at radius 2 is 1.60 bits per heavy atom. The molecule has 0 spiro atoms. The Morgan fingerprint density at radius 1 is 1.00 bits per heavy atom. The predicted molar refractivity (Wildman–Crippen MR) is 96.0 cm³/mol. The molecular weight excluding hydrogens is 362 g/mol. The number of benzene rings is 2. The highest BCUT2D eigenvalue weighted by Gasteiger charge is 2.26. The minimum Gasteiger partial charge on any atom is -0.496 e. The number of hydrogen-bond donors (Lipinski definition) is 1. The Bertz CT molecular complexity index is 982. The van der Waals surface area contributed by atoms with E-state index in [1.165, 1.54) is 31.4 Å². The Kier molecular flexibility index (Phi) is 5.55. The number of methoxy groups -OCH3 is 1. The summed E-state index contributed by atoms with van der Waals surface area (Å²) in [6.07, 6.45) is 0.981. The molecule has 0 aliphatic heterocycles. The summed E-state index contributed by atoms with van der Waals surface area (Å²) in [4.78, 5) is -0.498. The lowest BCUT2D eigenvalue weighted by molar-refractivity contribution is 0.405. The van der Waals surface area contributed by atoms with Gasteiger partial charge in [0.25, 0.3) is 0 Å². The van der Waals surface area contributed by atoms with E-state index in [-0.39, 0.29) is 9.79 Å². The number of ether oxygens (including phenoxy) is 1. The van der Waals surface area contributed by atoms with Crippen molar-refractivity contribution in [3.05, 3.63) is 53.6 Å². The second-order valence-corrected chi connectivity index (χ2v) is 9.47. The topological polar surface area (TPSA) is 89.5 Å². The second kappa shape index (κ2) is 7.15. The third kappa shape index (κ3) is 4.39. The van der Waals surface area contributed by atoms with Crippen LogP contribution in [0.4, 0.5) is 0 Å². The molecular formula is C17H21NO5S2. The maximum absolute atomic E-state index is 12.8. The molecule has 6 nitrogen and oxygen atoms in total. The van der Waals surface area contributed by atoms with E-state index in [0.717, 1.165) is 11.8 Å². The average Bonchev–Trinajstić information content (AvgIpc) is 2.53. The van der Waals surface area contributed by atoms with Crippen molar-refractivity contribution in [1.82, 2.24) is 4.72 Å². The molecule has 8 heteroatoms. The number of sulfone groups is 1. The van der Waals surface area contributed by atoms with Crippen molar-refractivity contribution in [3.8, 4) is 5.75 Å². The highest BCUT2D eigenvalue weighted by molar-refractivity contribution is 7.93. The molecule has 2 aromatic carbocycles. The first-order chi connectivity index (χ1) is 11.6. The Hall–Kier alpha value is -1.90. The van der Waals surface area contributed by atoms with Gasteiger partial charge in [0.2, 0.25) is 10.0 Å². The minimum atomic E-state index is -4.04. The van der Waals surface area contributed by atoms with Gasteiger partial charge in [-0.05, 0) is 32.0 Å². The van der Waals surface area contributed by atoms with Crippen LogP contribution in [-0.2, 0) is 19.9 Å². The van der Waals surface area contributed by atoms with E-state index in [2.05, 4.69) is 4.72 Å². The van der Waals surface area contributed by atoms with Crippen LogP contribution < -0.4 is 9.46 Å². The number of aryl methyl sites for hydroxylation is 1. The van der Waals surface area contributed by atoms with E-state index in [4.69, 9.17) is 4.74 Å². The van der Waals surface area contributed by atoms with E-state index >= 15 is 0 Å². The van der Waals surface area contributed by atoms with Crippen molar-refractivity contribution in [1.29, 1.82) is 0 Å². The maximum Gasteiger partial charge on any atom is 0.242 e. The number of nitrogens with one attached hydrogen (secondary N) is 1. The third-order valence-corrected chi connectivity index (χ3v) is 6.60. The summed E-state index contributed by atoms with van der Waals surface area (Å²) in [5.41, 5.74) is 1.63. The zero-order valence-corrected chi connectivity index (χ0v) is 16.1. The van der Waals surface area contributed by atoms with Crippen LogP contribution in [0.1, 0.15) is 24.1 Å². The van der Waals surface area contributed by atoms with Crippen LogP contribution in [0, 0.1) is 6.92 Å². The van der Waals surface area contributed by atoms with E-state index in [9.17, 15) is 16.8 Å². The molecule has 136 valence electrons. The van der Waals surface area contributed by atoms with Crippen molar-refractivity contribution in [2.24, 2.45) is 0 Å². The average molecular weight is 383 g/mol. The van der Waals surface area contributed by atoms with Gasteiger partial charge in [-0.25, -0.2) is 21.6 Å². The molecule has 1 N–H and O–H groups in total. The lowest BCUT2D eigenvalue weighted by Gasteiger charge is -2.19. The standard InChI is InChI=1S/C17H21NO5S2/c1-12-9-10-15(23-3)14(11-12)13(2)18-25(21,22)17-8-6-5-7-16(17)24(4,19)20/h5-11,13,18H,1-4H3. The van der Waals surface area contributed by atoms with Gasteiger partial charge < -0.3 is 4.74 Å². The summed E-state index contributed by atoms with van der Waals surface area (Å²) in [5.74, 6) is 0.553. The monoisotopic (exact) mass is 383 g/mol. The van der Waals surface area contributed by atoms with Gasteiger partial charge >= 0.3 is 0 Å². The van der Waals surface area contributed by atoms with Gasteiger partial charge in [0, 0.05) is 17.9 Å². The van der Waals surface area contributed by atoms with Crippen LogP contribution >= 0.6 is 0 Å². The van der Waals surface area contributed by atoms with Crippen LogP contribution in [0.25, 0.3) is 0 Å². The lowest BCUT2D eigenvalue weighted by atomic mass is 10.1. The van der Waals surface area contributed by atoms with Crippen LogP contribution in [0.3, 0.4) is 0 Å². The zero-order valence-electron chi connectivity index (χ0n) is 14.5. The Labute approximate surface area is 148 Å². The van der Waals surface area contributed by atoms with E-state index in [1.54, 1.807) is 13.0 Å². The summed E-state index contributed by atoms with van der Waals surface area (Å²) in [5, 5.41) is 0. The lowest BCUT2D eigenvalue weighted by Crippen LogP contribution is -2.28. The molecule has 0 aliphatic carbocycles. The smallest absolute Gasteiger partial charge is 0.242 e. The molecule has 0 bridgehead atoms. The Morgan fingerprint density at radius 3 is 2.16 bits per heavy atom. The summed E-state index contributed by atoms with van der Waals surface area (Å²) >= 11 is 0. The molecule has 0 radical (unpaired) electrons.